The highest BCUT2D eigenvalue weighted by molar-refractivity contribution is 5.89. The minimum absolute atomic E-state index is 0.218. The summed E-state index contributed by atoms with van der Waals surface area (Å²) in [5.74, 6) is 0.388. The Morgan fingerprint density at radius 3 is 2.68 bits per heavy atom. The number of hydrogen-bond donors (Lipinski definition) is 0. The molecule has 1 fully saturated rings. The Bertz CT molecular complexity index is 954. The lowest BCUT2D eigenvalue weighted by molar-refractivity contribution is 0.0600. The average Bonchev–Trinajstić information content (AvgIpc) is 3.38. The molecule has 144 valence electrons. The molecule has 0 N–H and O–H groups in total. The Hall–Kier alpha value is -3.06. The van der Waals surface area contributed by atoms with Crippen molar-refractivity contribution in [2.45, 2.75) is 25.4 Å². The van der Waals surface area contributed by atoms with E-state index in [1.807, 2.05) is 12.1 Å². The number of methoxy groups -OCH3 is 1. The highest BCUT2D eigenvalue weighted by Crippen LogP contribution is 2.33. The number of carbonyl (C=O) groups excluding carboxylic acids is 1. The van der Waals surface area contributed by atoms with Crippen LogP contribution in [0.3, 0.4) is 0 Å². The highest BCUT2D eigenvalue weighted by atomic mass is 19.1. The molecule has 0 saturated carbocycles. The SMILES string of the molecule is COC(=O)c1ccc(-c2noc(CN3CCC[C@@H]3c3ccc(F)cc3)n2)cc1. The minimum Gasteiger partial charge on any atom is -0.465 e. The third-order valence-electron chi connectivity index (χ3n) is 4.99. The van der Waals surface area contributed by atoms with Crippen molar-refractivity contribution < 1.29 is 18.4 Å². The highest BCUT2D eigenvalue weighted by Gasteiger charge is 2.27. The summed E-state index contributed by atoms with van der Waals surface area (Å²) in [5.41, 5.74) is 2.32. The van der Waals surface area contributed by atoms with Gasteiger partial charge in [-0.1, -0.05) is 29.4 Å². The Morgan fingerprint density at radius 1 is 1.21 bits per heavy atom. The zero-order chi connectivity index (χ0) is 19.5. The third kappa shape index (κ3) is 3.80. The fourth-order valence-electron chi connectivity index (χ4n) is 3.56. The maximum absolute atomic E-state index is 13.2. The average molecular weight is 381 g/mol. The van der Waals surface area contributed by atoms with Gasteiger partial charge in [-0.15, -0.1) is 0 Å². The summed E-state index contributed by atoms with van der Waals surface area (Å²) in [6.45, 7) is 1.46. The molecule has 0 spiro atoms. The second kappa shape index (κ2) is 7.90. The first-order valence-corrected chi connectivity index (χ1v) is 9.15. The molecule has 1 aliphatic rings. The van der Waals surface area contributed by atoms with Gasteiger partial charge in [-0.2, -0.15) is 4.98 Å². The number of nitrogens with zero attached hydrogens (tertiary/aromatic N) is 3. The maximum Gasteiger partial charge on any atom is 0.337 e. The first-order chi connectivity index (χ1) is 13.6. The van der Waals surface area contributed by atoms with E-state index in [4.69, 9.17) is 9.26 Å². The van der Waals surface area contributed by atoms with Crippen LogP contribution in [0.4, 0.5) is 4.39 Å². The smallest absolute Gasteiger partial charge is 0.337 e. The van der Waals surface area contributed by atoms with Crippen LogP contribution in [0.25, 0.3) is 11.4 Å². The molecule has 2 heterocycles. The van der Waals surface area contributed by atoms with Gasteiger partial charge in [0, 0.05) is 11.6 Å². The van der Waals surface area contributed by atoms with Crippen LogP contribution in [-0.2, 0) is 11.3 Å². The molecule has 0 bridgehead atoms. The summed E-state index contributed by atoms with van der Waals surface area (Å²) < 4.78 is 23.3. The molecule has 0 amide bonds. The van der Waals surface area contributed by atoms with E-state index in [-0.39, 0.29) is 17.8 Å². The van der Waals surface area contributed by atoms with Crippen LogP contribution >= 0.6 is 0 Å². The number of aromatic nitrogens is 2. The molecule has 3 aromatic rings. The van der Waals surface area contributed by atoms with Crippen LogP contribution in [0, 0.1) is 5.82 Å². The molecule has 2 aromatic carbocycles. The quantitative estimate of drug-likeness (QED) is 0.622. The van der Waals surface area contributed by atoms with Crippen LogP contribution in [0.5, 0.6) is 0 Å². The zero-order valence-corrected chi connectivity index (χ0v) is 15.5. The fourth-order valence-corrected chi connectivity index (χ4v) is 3.56. The topological polar surface area (TPSA) is 68.5 Å². The lowest BCUT2D eigenvalue weighted by Crippen LogP contribution is -2.22. The first kappa shape index (κ1) is 18.3. The van der Waals surface area contributed by atoms with E-state index in [0.717, 1.165) is 30.5 Å². The summed E-state index contributed by atoms with van der Waals surface area (Å²) >= 11 is 0. The van der Waals surface area contributed by atoms with Crippen LogP contribution in [0.1, 0.15) is 40.7 Å². The Kier molecular flexibility index (Phi) is 5.16. The largest absolute Gasteiger partial charge is 0.465 e. The summed E-state index contributed by atoms with van der Waals surface area (Å²) in [5, 5.41) is 4.05. The van der Waals surface area contributed by atoms with Crippen molar-refractivity contribution in [2.75, 3.05) is 13.7 Å². The monoisotopic (exact) mass is 381 g/mol. The lowest BCUT2D eigenvalue weighted by Gasteiger charge is -2.23. The predicted octanol–water partition coefficient (Wildman–Crippen LogP) is 4.00. The Morgan fingerprint density at radius 2 is 1.96 bits per heavy atom. The fraction of sp³-hybridized carbons (Fsp3) is 0.286. The third-order valence-corrected chi connectivity index (χ3v) is 4.99. The summed E-state index contributed by atoms with van der Waals surface area (Å²) in [6.07, 6.45) is 2.08. The first-order valence-electron chi connectivity index (χ1n) is 9.15. The molecule has 1 atom stereocenters. The van der Waals surface area contributed by atoms with E-state index in [2.05, 4.69) is 15.0 Å². The molecule has 7 heteroatoms. The summed E-state index contributed by atoms with van der Waals surface area (Å²) in [6, 6.07) is 13.7. The second-order valence-corrected chi connectivity index (χ2v) is 6.76. The normalized spacial score (nSPS) is 17.0. The molecule has 4 rings (SSSR count). The second-order valence-electron chi connectivity index (χ2n) is 6.76. The van der Waals surface area contributed by atoms with Crippen LogP contribution in [0.2, 0.25) is 0 Å². The molecule has 6 nitrogen and oxygen atoms in total. The summed E-state index contributed by atoms with van der Waals surface area (Å²) in [7, 11) is 1.35. The molecule has 28 heavy (non-hydrogen) atoms. The van der Waals surface area contributed by atoms with Gasteiger partial charge in [0.05, 0.1) is 19.2 Å². The van der Waals surface area contributed by atoms with Crippen molar-refractivity contribution in [3.8, 4) is 11.4 Å². The number of ether oxygens (including phenoxy) is 1. The van der Waals surface area contributed by atoms with Gasteiger partial charge in [0.2, 0.25) is 11.7 Å². The number of halogens is 1. The number of hydrogen-bond acceptors (Lipinski definition) is 6. The molecule has 0 radical (unpaired) electrons. The number of likely N-dealkylation sites (tertiary alicyclic amines) is 1. The standard InChI is InChI=1S/C21H20FN3O3/c1-27-21(26)16-6-4-15(5-7-16)20-23-19(28-24-20)13-25-12-2-3-18(25)14-8-10-17(22)11-9-14/h4-11,18H,2-3,12-13H2,1H3/t18-/m1/s1. The van der Waals surface area contributed by atoms with Crippen LogP contribution < -0.4 is 0 Å². The van der Waals surface area contributed by atoms with Crippen molar-refractivity contribution in [1.82, 2.24) is 15.0 Å². The van der Waals surface area contributed by atoms with Gasteiger partial charge in [-0.05, 0) is 49.2 Å². The van der Waals surface area contributed by atoms with E-state index < -0.39 is 0 Å². The summed E-state index contributed by atoms with van der Waals surface area (Å²) in [4.78, 5) is 18.3. The van der Waals surface area contributed by atoms with E-state index in [1.165, 1.54) is 19.2 Å². The van der Waals surface area contributed by atoms with E-state index >= 15 is 0 Å². The van der Waals surface area contributed by atoms with Gasteiger partial charge >= 0.3 is 5.97 Å². The Labute approximate surface area is 161 Å². The van der Waals surface area contributed by atoms with Gasteiger partial charge in [-0.25, -0.2) is 9.18 Å². The van der Waals surface area contributed by atoms with Crippen molar-refractivity contribution in [1.29, 1.82) is 0 Å². The van der Waals surface area contributed by atoms with Crippen molar-refractivity contribution in [2.24, 2.45) is 0 Å². The predicted molar refractivity (Wildman–Crippen MR) is 99.9 cm³/mol. The number of benzene rings is 2. The molecule has 1 saturated heterocycles. The molecule has 0 unspecified atom stereocenters. The van der Waals surface area contributed by atoms with Gasteiger partial charge in [-0.3, -0.25) is 4.90 Å². The molecule has 1 aromatic heterocycles. The maximum atomic E-state index is 13.2. The Balaban J connectivity index is 1.47. The van der Waals surface area contributed by atoms with Gasteiger partial charge < -0.3 is 9.26 Å². The van der Waals surface area contributed by atoms with Crippen molar-refractivity contribution in [3.63, 3.8) is 0 Å². The van der Waals surface area contributed by atoms with Crippen molar-refractivity contribution >= 4 is 5.97 Å². The number of esters is 1. The van der Waals surface area contributed by atoms with E-state index in [0.29, 0.717) is 23.8 Å². The van der Waals surface area contributed by atoms with Crippen molar-refractivity contribution in [3.05, 3.63) is 71.4 Å². The van der Waals surface area contributed by atoms with Gasteiger partial charge in [0.15, 0.2) is 0 Å². The molecule has 1 aliphatic heterocycles. The van der Waals surface area contributed by atoms with Crippen LogP contribution in [0.15, 0.2) is 53.1 Å². The number of rotatable bonds is 5. The minimum atomic E-state index is -0.388. The molecule has 0 aliphatic carbocycles. The number of carbonyl (C=O) groups is 1. The lowest BCUT2D eigenvalue weighted by atomic mass is 10.0. The van der Waals surface area contributed by atoms with E-state index in [1.54, 1.807) is 24.3 Å². The van der Waals surface area contributed by atoms with Crippen LogP contribution in [-0.4, -0.2) is 34.7 Å². The zero-order valence-electron chi connectivity index (χ0n) is 15.5. The van der Waals surface area contributed by atoms with E-state index in [9.17, 15) is 9.18 Å². The van der Waals surface area contributed by atoms with Gasteiger partial charge in [0.25, 0.3) is 0 Å². The molecular formula is C21H20FN3O3. The molecular weight excluding hydrogens is 361 g/mol. The van der Waals surface area contributed by atoms with Gasteiger partial charge in [0.1, 0.15) is 5.82 Å².